The Morgan fingerprint density at radius 2 is 1.31 bits per heavy atom. The van der Waals surface area contributed by atoms with E-state index in [0.717, 1.165) is 0 Å². The van der Waals surface area contributed by atoms with E-state index in [1.165, 1.54) is 14.2 Å². The molecule has 0 aliphatic heterocycles. The molecule has 4 N–H and O–H groups in total. The first kappa shape index (κ1) is 14.6. The fraction of sp³-hybridized carbons (Fsp3) is 0.600. The number of hydrogen-bond donors (Lipinski definition) is 2. The summed E-state index contributed by atoms with van der Waals surface area (Å²) in [5.74, 6) is -0.941. The van der Waals surface area contributed by atoms with Crippen molar-refractivity contribution in [3.63, 3.8) is 0 Å². The normalized spacial score (nSPS) is 14.5. The number of esters is 2. The Bertz CT molecular complexity index is 240. The van der Waals surface area contributed by atoms with Gasteiger partial charge in [0.25, 0.3) is 0 Å². The van der Waals surface area contributed by atoms with E-state index in [1.54, 1.807) is 12.2 Å². The number of nitrogens with two attached hydrogens (primary N) is 2. The topological polar surface area (TPSA) is 105 Å². The molecule has 6 nitrogen and oxygen atoms in total. The second-order valence-electron chi connectivity index (χ2n) is 3.20. The second-order valence-corrected chi connectivity index (χ2v) is 3.20. The summed E-state index contributed by atoms with van der Waals surface area (Å²) in [4.78, 5) is 21.8. The first-order valence-corrected chi connectivity index (χ1v) is 4.84. The standard InChI is InChI=1S/C10H18N2O4/c1-15-9(13)7(11)5-3-4-6-8(12)10(14)16-2/h3-4,7-8H,5-6,11-12H2,1-2H3. The van der Waals surface area contributed by atoms with Gasteiger partial charge in [-0.1, -0.05) is 12.2 Å². The molecular weight excluding hydrogens is 212 g/mol. The Morgan fingerprint density at radius 1 is 1.00 bits per heavy atom. The first-order chi connectivity index (χ1) is 7.52. The van der Waals surface area contributed by atoms with Crippen LogP contribution in [0.25, 0.3) is 0 Å². The van der Waals surface area contributed by atoms with Crippen molar-refractivity contribution < 1.29 is 19.1 Å². The molecule has 0 amide bonds. The van der Waals surface area contributed by atoms with Crippen LogP contribution < -0.4 is 11.5 Å². The number of rotatable bonds is 6. The van der Waals surface area contributed by atoms with Gasteiger partial charge in [0, 0.05) is 0 Å². The number of methoxy groups -OCH3 is 2. The minimum Gasteiger partial charge on any atom is -0.468 e. The summed E-state index contributed by atoms with van der Waals surface area (Å²) < 4.78 is 8.90. The van der Waals surface area contributed by atoms with Crippen molar-refractivity contribution in [3.05, 3.63) is 12.2 Å². The van der Waals surface area contributed by atoms with E-state index in [9.17, 15) is 9.59 Å². The van der Waals surface area contributed by atoms with E-state index in [2.05, 4.69) is 9.47 Å². The highest BCUT2D eigenvalue weighted by molar-refractivity contribution is 5.76. The van der Waals surface area contributed by atoms with E-state index in [4.69, 9.17) is 11.5 Å². The van der Waals surface area contributed by atoms with Crippen molar-refractivity contribution in [1.82, 2.24) is 0 Å². The lowest BCUT2D eigenvalue weighted by Crippen LogP contribution is -2.31. The molecule has 0 saturated carbocycles. The van der Waals surface area contributed by atoms with Crippen LogP contribution in [0.1, 0.15) is 12.8 Å². The highest BCUT2D eigenvalue weighted by Gasteiger charge is 2.12. The van der Waals surface area contributed by atoms with E-state index in [1.807, 2.05) is 0 Å². The van der Waals surface area contributed by atoms with Gasteiger partial charge in [0.2, 0.25) is 0 Å². The van der Waals surface area contributed by atoms with Crippen LogP contribution in [0, 0.1) is 0 Å². The van der Waals surface area contributed by atoms with Crippen LogP contribution in [0.3, 0.4) is 0 Å². The molecule has 0 rings (SSSR count). The van der Waals surface area contributed by atoms with Gasteiger partial charge in [0.15, 0.2) is 0 Å². The molecular formula is C10H18N2O4. The number of ether oxygens (including phenoxy) is 2. The zero-order valence-corrected chi connectivity index (χ0v) is 9.51. The van der Waals surface area contributed by atoms with Gasteiger partial charge in [-0.15, -0.1) is 0 Å². The Labute approximate surface area is 94.6 Å². The minimum atomic E-state index is -0.685. The quantitative estimate of drug-likeness (QED) is 0.463. The fourth-order valence-electron chi connectivity index (χ4n) is 0.981. The average molecular weight is 230 g/mol. The van der Waals surface area contributed by atoms with Gasteiger partial charge >= 0.3 is 11.9 Å². The van der Waals surface area contributed by atoms with Crippen molar-refractivity contribution >= 4 is 11.9 Å². The Balaban J connectivity index is 3.86. The van der Waals surface area contributed by atoms with Gasteiger partial charge in [-0.3, -0.25) is 9.59 Å². The zero-order chi connectivity index (χ0) is 12.6. The molecule has 0 aromatic carbocycles. The van der Waals surface area contributed by atoms with Gasteiger partial charge in [0.1, 0.15) is 12.1 Å². The summed E-state index contributed by atoms with van der Waals surface area (Å²) in [6.07, 6.45) is 4.07. The summed E-state index contributed by atoms with van der Waals surface area (Å²) in [5, 5.41) is 0. The van der Waals surface area contributed by atoms with Gasteiger partial charge in [0.05, 0.1) is 14.2 Å². The maximum Gasteiger partial charge on any atom is 0.322 e. The van der Waals surface area contributed by atoms with E-state index >= 15 is 0 Å². The Morgan fingerprint density at radius 3 is 1.56 bits per heavy atom. The zero-order valence-electron chi connectivity index (χ0n) is 9.51. The van der Waals surface area contributed by atoms with Crippen LogP contribution in [-0.2, 0) is 19.1 Å². The lowest BCUT2D eigenvalue weighted by molar-refractivity contribution is -0.142. The largest absolute Gasteiger partial charge is 0.468 e. The number of carbonyl (C=O) groups excluding carboxylic acids is 2. The third kappa shape index (κ3) is 5.47. The summed E-state index contributed by atoms with van der Waals surface area (Å²) in [5.41, 5.74) is 11.0. The SMILES string of the molecule is COC(=O)C(N)CC=CCC(N)C(=O)OC. The third-order valence-corrected chi connectivity index (χ3v) is 1.95. The predicted molar refractivity (Wildman–Crippen MR) is 58.4 cm³/mol. The lowest BCUT2D eigenvalue weighted by atomic mass is 10.1. The van der Waals surface area contributed by atoms with Crippen molar-refractivity contribution in [1.29, 1.82) is 0 Å². The van der Waals surface area contributed by atoms with Crippen LogP contribution in [-0.4, -0.2) is 38.2 Å². The molecule has 0 radical (unpaired) electrons. The van der Waals surface area contributed by atoms with Crippen LogP contribution >= 0.6 is 0 Å². The minimum absolute atomic E-state index is 0.348. The van der Waals surface area contributed by atoms with E-state index in [0.29, 0.717) is 12.8 Å². The monoisotopic (exact) mass is 230 g/mol. The molecule has 0 aliphatic carbocycles. The van der Waals surface area contributed by atoms with Crippen LogP contribution in [0.15, 0.2) is 12.2 Å². The summed E-state index contributed by atoms with van der Waals surface area (Å²) in [6.45, 7) is 0. The van der Waals surface area contributed by atoms with Crippen molar-refractivity contribution in [2.45, 2.75) is 24.9 Å². The molecule has 2 atom stereocenters. The molecule has 6 heteroatoms. The van der Waals surface area contributed by atoms with Crippen LogP contribution in [0.5, 0.6) is 0 Å². The van der Waals surface area contributed by atoms with Crippen LogP contribution in [0.4, 0.5) is 0 Å². The molecule has 0 aliphatic rings. The number of hydrogen-bond acceptors (Lipinski definition) is 6. The van der Waals surface area contributed by atoms with Crippen molar-refractivity contribution in [2.24, 2.45) is 11.5 Å². The Hall–Kier alpha value is -1.40. The summed E-state index contributed by atoms with van der Waals surface area (Å²) in [6, 6.07) is -1.37. The van der Waals surface area contributed by atoms with Crippen molar-refractivity contribution in [3.8, 4) is 0 Å². The predicted octanol–water partition coefficient (Wildman–Crippen LogP) is -0.677. The molecule has 0 heterocycles. The highest BCUT2D eigenvalue weighted by atomic mass is 16.5. The molecule has 0 bridgehead atoms. The molecule has 0 saturated heterocycles. The molecule has 2 unspecified atom stereocenters. The smallest absolute Gasteiger partial charge is 0.322 e. The molecule has 92 valence electrons. The maximum absolute atomic E-state index is 10.9. The maximum atomic E-state index is 10.9. The molecule has 0 aromatic rings. The first-order valence-electron chi connectivity index (χ1n) is 4.84. The number of carbonyl (C=O) groups is 2. The van der Waals surface area contributed by atoms with E-state index in [-0.39, 0.29) is 0 Å². The average Bonchev–Trinajstić information content (AvgIpc) is 2.31. The Kier molecular flexibility index (Phi) is 7.15. The van der Waals surface area contributed by atoms with E-state index < -0.39 is 24.0 Å². The third-order valence-electron chi connectivity index (χ3n) is 1.95. The molecule has 16 heavy (non-hydrogen) atoms. The lowest BCUT2D eigenvalue weighted by Gasteiger charge is -2.06. The summed E-state index contributed by atoms with van der Waals surface area (Å²) >= 11 is 0. The fourth-order valence-corrected chi connectivity index (χ4v) is 0.981. The molecule has 0 fully saturated rings. The highest BCUT2D eigenvalue weighted by Crippen LogP contribution is 1.97. The van der Waals surface area contributed by atoms with Gasteiger partial charge < -0.3 is 20.9 Å². The van der Waals surface area contributed by atoms with Crippen LogP contribution in [0.2, 0.25) is 0 Å². The summed E-state index contributed by atoms with van der Waals surface area (Å²) in [7, 11) is 2.55. The van der Waals surface area contributed by atoms with Gasteiger partial charge in [-0.2, -0.15) is 0 Å². The van der Waals surface area contributed by atoms with Crippen molar-refractivity contribution in [2.75, 3.05) is 14.2 Å². The molecule has 0 spiro atoms. The van der Waals surface area contributed by atoms with Gasteiger partial charge in [-0.05, 0) is 12.8 Å². The molecule has 0 aromatic heterocycles. The second kappa shape index (κ2) is 7.84. The van der Waals surface area contributed by atoms with Gasteiger partial charge in [-0.25, -0.2) is 0 Å².